The SMILES string of the molecule is CCCCCCCCCCCCCCCCCCCCN(C)C(C)=Nc1ccccc1. The number of rotatable bonds is 20. The van der Waals surface area contributed by atoms with E-state index in [4.69, 9.17) is 4.99 Å². The molecule has 0 unspecified atom stereocenters. The molecule has 0 aromatic heterocycles. The van der Waals surface area contributed by atoms with Gasteiger partial charge in [0.05, 0.1) is 5.69 Å². The van der Waals surface area contributed by atoms with E-state index < -0.39 is 0 Å². The summed E-state index contributed by atoms with van der Waals surface area (Å²) in [6.45, 7) is 5.52. The molecule has 0 aliphatic heterocycles. The van der Waals surface area contributed by atoms with E-state index in [-0.39, 0.29) is 0 Å². The second-order valence-corrected chi connectivity index (χ2v) is 9.43. The van der Waals surface area contributed by atoms with Crippen molar-refractivity contribution >= 4 is 11.5 Å². The van der Waals surface area contributed by atoms with Crippen LogP contribution in [0.3, 0.4) is 0 Å². The van der Waals surface area contributed by atoms with E-state index >= 15 is 0 Å². The van der Waals surface area contributed by atoms with Gasteiger partial charge in [-0.05, 0) is 25.5 Å². The largest absolute Gasteiger partial charge is 0.363 e. The standard InChI is InChI=1S/C29H52N2/c1-4-5-6-7-8-9-10-11-12-13-14-15-16-17-18-19-20-24-27-31(3)28(2)30-29-25-22-21-23-26-29/h21-23,25-26H,4-20,24,27H2,1-3H3. The van der Waals surface area contributed by atoms with Gasteiger partial charge in [-0.15, -0.1) is 0 Å². The lowest BCUT2D eigenvalue weighted by Crippen LogP contribution is -2.25. The van der Waals surface area contributed by atoms with Gasteiger partial charge >= 0.3 is 0 Å². The van der Waals surface area contributed by atoms with Crippen molar-refractivity contribution in [1.29, 1.82) is 0 Å². The molecule has 0 radical (unpaired) electrons. The van der Waals surface area contributed by atoms with Crippen LogP contribution in [-0.4, -0.2) is 24.3 Å². The summed E-state index contributed by atoms with van der Waals surface area (Å²) in [4.78, 5) is 6.99. The van der Waals surface area contributed by atoms with Crippen LogP contribution < -0.4 is 0 Å². The van der Waals surface area contributed by atoms with Gasteiger partial charge in [0.1, 0.15) is 5.84 Å². The first-order valence-electron chi connectivity index (χ1n) is 13.6. The Morgan fingerprint density at radius 2 is 1.00 bits per heavy atom. The molecular weight excluding hydrogens is 376 g/mol. The third kappa shape index (κ3) is 17.0. The number of hydrogen-bond donors (Lipinski definition) is 0. The number of benzene rings is 1. The van der Waals surface area contributed by atoms with Crippen molar-refractivity contribution in [2.45, 2.75) is 129 Å². The molecule has 0 bridgehead atoms. The molecule has 1 aromatic carbocycles. The zero-order chi connectivity index (χ0) is 22.4. The highest BCUT2D eigenvalue weighted by molar-refractivity contribution is 5.82. The number of para-hydroxylation sites is 1. The third-order valence-corrected chi connectivity index (χ3v) is 6.45. The molecule has 0 saturated heterocycles. The number of aliphatic imine (C=N–C) groups is 1. The van der Waals surface area contributed by atoms with Crippen LogP contribution in [0.1, 0.15) is 129 Å². The van der Waals surface area contributed by atoms with Crippen LogP contribution >= 0.6 is 0 Å². The normalized spacial score (nSPS) is 11.8. The van der Waals surface area contributed by atoms with E-state index in [0.717, 1.165) is 18.1 Å². The Bertz CT molecular complexity index is 523. The van der Waals surface area contributed by atoms with E-state index in [2.05, 4.69) is 37.9 Å². The van der Waals surface area contributed by atoms with Gasteiger partial charge in [0.15, 0.2) is 0 Å². The highest BCUT2D eigenvalue weighted by Gasteiger charge is 2.01. The van der Waals surface area contributed by atoms with Crippen molar-refractivity contribution in [1.82, 2.24) is 4.90 Å². The van der Waals surface area contributed by atoms with E-state index in [0.29, 0.717) is 0 Å². The number of amidine groups is 1. The lowest BCUT2D eigenvalue weighted by Gasteiger charge is -2.18. The second-order valence-electron chi connectivity index (χ2n) is 9.43. The summed E-state index contributed by atoms with van der Waals surface area (Å²) in [7, 11) is 2.16. The number of hydrogen-bond acceptors (Lipinski definition) is 1. The van der Waals surface area contributed by atoms with Crippen LogP contribution in [-0.2, 0) is 0 Å². The first kappa shape index (κ1) is 27.7. The predicted octanol–water partition coefficient (Wildman–Crippen LogP) is 9.71. The molecule has 1 aromatic rings. The lowest BCUT2D eigenvalue weighted by atomic mass is 10.0. The van der Waals surface area contributed by atoms with Gasteiger partial charge in [0.2, 0.25) is 0 Å². The highest BCUT2D eigenvalue weighted by Crippen LogP contribution is 2.15. The quantitative estimate of drug-likeness (QED) is 0.115. The monoisotopic (exact) mass is 428 g/mol. The lowest BCUT2D eigenvalue weighted by molar-refractivity contribution is 0.461. The van der Waals surface area contributed by atoms with Crippen LogP contribution in [0.4, 0.5) is 5.69 Å². The molecule has 31 heavy (non-hydrogen) atoms. The van der Waals surface area contributed by atoms with Crippen LogP contribution in [0.5, 0.6) is 0 Å². The van der Waals surface area contributed by atoms with Crippen LogP contribution in [0.15, 0.2) is 35.3 Å². The maximum atomic E-state index is 4.70. The molecule has 2 nitrogen and oxygen atoms in total. The Hall–Kier alpha value is -1.31. The van der Waals surface area contributed by atoms with Crippen molar-refractivity contribution in [3.8, 4) is 0 Å². The molecule has 2 heteroatoms. The van der Waals surface area contributed by atoms with Crippen LogP contribution in [0.2, 0.25) is 0 Å². The minimum absolute atomic E-state index is 1.05. The van der Waals surface area contributed by atoms with Gasteiger partial charge < -0.3 is 4.90 Å². The average Bonchev–Trinajstić information content (AvgIpc) is 2.78. The minimum atomic E-state index is 1.05. The average molecular weight is 429 g/mol. The molecule has 0 fully saturated rings. The summed E-state index contributed by atoms with van der Waals surface area (Å²) in [6, 6.07) is 10.3. The van der Waals surface area contributed by atoms with E-state index in [1.807, 2.05) is 18.2 Å². The molecule has 0 saturated carbocycles. The molecule has 0 spiro atoms. The molecule has 0 amide bonds. The van der Waals surface area contributed by atoms with Gasteiger partial charge in [0.25, 0.3) is 0 Å². The Kier molecular flexibility index (Phi) is 18.4. The van der Waals surface area contributed by atoms with E-state index in [1.54, 1.807) is 0 Å². The molecule has 178 valence electrons. The topological polar surface area (TPSA) is 15.6 Å². The first-order chi connectivity index (χ1) is 15.2. The summed E-state index contributed by atoms with van der Waals surface area (Å²) in [6.07, 6.45) is 25.7. The fraction of sp³-hybridized carbons (Fsp3) is 0.759. The Morgan fingerprint density at radius 1 is 0.613 bits per heavy atom. The summed E-state index contributed by atoms with van der Waals surface area (Å²) >= 11 is 0. The predicted molar refractivity (Wildman–Crippen MR) is 141 cm³/mol. The van der Waals surface area contributed by atoms with Crippen molar-refractivity contribution in [3.63, 3.8) is 0 Å². The molecule has 0 N–H and O–H groups in total. The van der Waals surface area contributed by atoms with Gasteiger partial charge in [0, 0.05) is 13.6 Å². The third-order valence-electron chi connectivity index (χ3n) is 6.45. The number of unbranched alkanes of at least 4 members (excludes halogenated alkanes) is 17. The van der Waals surface area contributed by atoms with Gasteiger partial charge in [-0.25, -0.2) is 4.99 Å². The van der Waals surface area contributed by atoms with Gasteiger partial charge in [-0.3, -0.25) is 0 Å². The number of nitrogens with zero attached hydrogens (tertiary/aromatic N) is 2. The molecular formula is C29H52N2. The molecule has 0 atom stereocenters. The van der Waals surface area contributed by atoms with E-state index in [9.17, 15) is 0 Å². The smallest absolute Gasteiger partial charge is 0.101 e. The Balaban J connectivity index is 1.82. The zero-order valence-electron chi connectivity index (χ0n) is 21.2. The van der Waals surface area contributed by atoms with Gasteiger partial charge in [-0.1, -0.05) is 134 Å². The van der Waals surface area contributed by atoms with E-state index in [1.165, 1.54) is 116 Å². The van der Waals surface area contributed by atoms with Crippen molar-refractivity contribution in [3.05, 3.63) is 30.3 Å². The minimum Gasteiger partial charge on any atom is -0.363 e. The summed E-state index contributed by atoms with van der Waals surface area (Å²) in [5.41, 5.74) is 1.05. The summed E-state index contributed by atoms with van der Waals surface area (Å²) in [5, 5.41) is 0. The van der Waals surface area contributed by atoms with Crippen LogP contribution in [0, 0.1) is 0 Å². The zero-order valence-corrected chi connectivity index (χ0v) is 21.2. The fourth-order valence-electron chi connectivity index (χ4n) is 4.19. The second kappa shape index (κ2) is 20.6. The van der Waals surface area contributed by atoms with Crippen molar-refractivity contribution in [2.75, 3.05) is 13.6 Å². The molecule has 0 aliphatic carbocycles. The fourth-order valence-corrected chi connectivity index (χ4v) is 4.19. The first-order valence-corrected chi connectivity index (χ1v) is 13.6. The van der Waals surface area contributed by atoms with Crippen LogP contribution in [0.25, 0.3) is 0 Å². The Labute approximate surface area is 194 Å². The van der Waals surface area contributed by atoms with Crippen molar-refractivity contribution in [2.24, 2.45) is 4.99 Å². The molecule has 0 aliphatic rings. The summed E-state index contributed by atoms with van der Waals surface area (Å²) in [5.74, 6) is 1.11. The molecule has 0 heterocycles. The maximum absolute atomic E-state index is 4.70. The van der Waals surface area contributed by atoms with Crippen molar-refractivity contribution < 1.29 is 0 Å². The highest BCUT2D eigenvalue weighted by atomic mass is 15.2. The molecule has 1 rings (SSSR count). The maximum Gasteiger partial charge on any atom is 0.101 e. The van der Waals surface area contributed by atoms with Gasteiger partial charge in [-0.2, -0.15) is 0 Å². The Morgan fingerprint density at radius 3 is 1.42 bits per heavy atom. The summed E-state index contributed by atoms with van der Waals surface area (Å²) < 4.78 is 0.